The summed E-state index contributed by atoms with van der Waals surface area (Å²) in [7, 11) is 1.64. The Labute approximate surface area is 64.4 Å². The molecule has 0 N–H and O–H groups in total. The first kappa shape index (κ1) is 6.28. The van der Waals surface area contributed by atoms with Crippen LogP contribution in [-0.2, 0) is 0 Å². The lowest BCUT2D eigenvalue weighted by Gasteiger charge is -1.91. The Balaban J connectivity index is 2.76. The minimum atomic E-state index is 0.792. The summed E-state index contributed by atoms with van der Waals surface area (Å²) in [4.78, 5) is 0. The molecule has 1 aromatic heterocycles. The molecule has 0 saturated heterocycles. The Morgan fingerprint density at radius 1 is 1.27 bits per heavy atom. The molecule has 0 aliphatic rings. The first-order valence-corrected chi connectivity index (χ1v) is 3.42. The smallest absolute Gasteiger partial charge is 0.164 e. The SMILES string of the molecule is COc1coc2ccccc12. The van der Waals surface area contributed by atoms with Crippen LogP contribution in [0.15, 0.2) is 34.9 Å². The third-order valence-corrected chi connectivity index (χ3v) is 1.67. The summed E-state index contributed by atoms with van der Waals surface area (Å²) in [6.45, 7) is 0. The van der Waals surface area contributed by atoms with Crippen molar-refractivity contribution in [3.05, 3.63) is 30.5 Å². The van der Waals surface area contributed by atoms with E-state index in [0.29, 0.717) is 0 Å². The number of fused-ring (bicyclic) bond motifs is 1. The van der Waals surface area contributed by atoms with Crippen LogP contribution in [0.3, 0.4) is 0 Å². The Morgan fingerprint density at radius 3 is 2.91 bits per heavy atom. The van der Waals surface area contributed by atoms with Crippen LogP contribution in [0.1, 0.15) is 0 Å². The maximum Gasteiger partial charge on any atom is 0.164 e. The van der Waals surface area contributed by atoms with Gasteiger partial charge in [-0.15, -0.1) is 0 Å². The van der Waals surface area contributed by atoms with Crippen molar-refractivity contribution in [2.24, 2.45) is 0 Å². The van der Waals surface area contributed by atoms with Gasteiger partial charge in [-0.25, -0.2) is 0 Å². The number of furan rings is 1. The highest BCUT2D eigenvalue weighted by Crippen LogP contribution is 2.26. The molecule has 0 amide bonds. The van der Waals surface area contributed by atoms with Crippen molar-refractivity contribution < 1.29 is 9.15 Å². The molecule has 0 saturated carbocycles. The van der Waals surface area contributed by atoms with Gasteiger partial charge in [0.15, 0.2) is 5.75 Å². The van der Waals surface area contributed by atoms with E-state index in [2.05, 4.69) is 0 Å². The number of methoxy groups -OCH3 is 1. The fourth-order valence-corrected chi connectivity index (χ4v) is 1.11. The second-order valence-electron chi connectivity index (χ2n) is 2.30. The predicted octanol–water partition coefficient (Wildman–Crippen LogP) is 2.44. The topological polar surface area (TPSA) is 22.4 Å². The molecular formula is C9H8O2. The van der Waals surface area contributed by atoms with Crippen LogP contribution >= 0.6 is 0 Å². The van der Waals surface area contributed by atoms with Gasteiger partial charge in [0.25, 0.3) is 0 Å². The van der Waals surface area contributed by atoms with Gasteiger partial charge in [-0.2, -0.15) is 0 Å². The molecule has 2 aromatic rings. The zero-order chi connectivity index (χ0) is 7.68. The van der Waals surface area contributed by atoms with Crippen molar-refractivity contribution in [2.45, 2.75) is 0 Å². The molecule has 2 rings (SSSR count). The molecule has 0 spiro atoms. The monoisotopic (exact) mass is 148 g/mol. The maximum absolute atomic E-state index is 5.21. The van der Waals surface area contributed by atoms with Crippen LogP contribution < -0.4 is 4.74 Å². The summed E-state index contributed by atoms with van der Waals surface area (Å²) in [5, 5.41) is 1.02. The molecule has 0 radical (unpaired) electrons. The van der Waals surface area contributed by atoms with E-state index in [1.807, 2.05) is 24.3 Å². The highest BCUT2D eigenvalue weighted by molar-refractivity contribution is 5.83. The third kappa shape index (κ3) is 0.871. The quantitative estimate of drug-likeness (QED) is 0.619. The Bertz CT molecular complexity index is 362. The van der Waals surface area contributed by atoms with E-state index in [1.54, 1.807) is 13.4 Å². The highest BCUT2D eigenvalue weighted by atomic mass is 16.5. The number of rotatable bonds is 1. The fourth-order valence-electron chi connectivity index (χ4n) is 1.11. The molecule has 2 nitrogen and oxygen atoms in total. The van der Waals surface area contributed by atoms with Gasteiger partial charge in [-0.1, -0.05) is 12.1 Å². The standard InChI is InChI=1S/C9H8O2/c1-10-9-6-11-8-5-3-2-4-7(8)9/h2-6H,1H3. The molecule has 0 unspecified atom stereocenters. The Kier molecular flexibility index (Phi) is 1.32. The molecule has 2 heteroatoms. The molecule has 11 heavy (non-hydrogen) atoms. The minimum absolute atomic E-state index is 0.792. The highest BCUT2D eigenvalue weighted by Gasteiger charge is 2.02. The summed E-state index contributed by atoms with van der Waals surface area (Å²) in [6.07, 6.45) is 1.62. The number of para-hydroxylation sites is 1. The van der Waals surface area contributed by atoms with Crippen LogP contribution in [0.5, 0.6) is 5.75 Å². The van der Waals surface area contributed by atoms with E-state index >= 15 is 0 Å². The maximum atomic E-state index is 5.21. The molecule has 0 atom stereocenters. The zero-order valence-corrected chi connectivity index (χ0v) is 6.20. The molecule has 0 fully saturated rings. The van der Waals surface area contributed by atoms with E-state index in [-0.39, 0.29) is 0 Å². The molecular weight excluding hydrogens is 140 g/mol. The first-order valence-electron chi connectivity index (χ1n) is 3.42. The zero-order valence-electron chi connectivity index (χ0n) is 6.20. The molecule has 0 aliphatic heterocycles. The van der Waals surface area contributed by atoms with E-state index < -0.39 is 0 Å². The number of hydrogen-bond acceptors (Lipinski definition) is 2. The molecule has 0 bridgehead atoms. The van der Waals surface area contributed by atoms with E-state index in [4.69, 9.17) is 9.15 Å². The van der Waals surface area contributed by atoms with Crippen LogP contribution in [0.25, 0.3) is 11.0 Å². The fraction of sp³-hybridized carbons (Fsp3) is 0.111. The average Bonchev–Trinajstić information content (AvgIpc) is 2.47. The predicted molar refractivity (Wildman–Crippen MR) is 42.8 cm³/mol. The first-order chi connectivity index (χ1) is 5.42. The van der Waals surface area contributed by atoms with Gasteiger partial charge in [0, 0.05) is 0 Å². The van der Waals surface area contributed by atoms with Gasteiger partial charge in [-0.3, -0.25) is 0 Å². The number of ether oxygens (including phenoxy) is 1. The van der Waals surface area contributed by atoms with E-state index in [9.17, 15) is 0 Å². The third-order valence-electron chi connectivity index (χ3n) is 1.67. The Hall–Kier alpha value is -1.44. The van der Waals surface area contributed by atoms with Crippen molar-refractivity contribution in [2.75, 3.05) is 7.11 Å². The van der Waals surface area contributed by atoms with E-state index in [1.165, 1.54) is 0 Å². The molecule has 56 valence electrons. The molecule has 0 aliphatic carbocycles. The van der Waals surface area contributed by atoms with Gasteiger partial charge in [-0.05, 0) is 12.1 Å². The molecule has 1 heterocycles. The van der Waals surface area contributed by atoms with Crippen molar-refractivity contribution in [1.82, 2.24) is 0 Å². The van der Waals surface area contributed by atoms with Crippen molar-refractivity contribution in [3.8, 4) is 5.75 Å². The van der Waals surface area contributed by atoms with Gasteiger partial charge >= 0.3 is 0 Å². The minimum Gasteiger partial charge on any atom is -0.493 e. The van der Waals surface area contributed by atoms with E-state index in [0.717, 1.165) is 16.7 Å². The lowest BCUT2D eigenvalue weighted by atomic mass is 10.2. The number of benzene rings is 1. The summed E-state index contributed by atoms with van der Waals surface area (Å²) in [6, 6.07) is 7.78. The normalized spacial score (nSPS) is 10.3. The van der Waals surface area contributed by atoms with Crippen LogP contribution in [0, 0.1) is 0 Å². The second-order valence-corrected chi connectivity index (χ2v) is 2.30. The van der Waals surface area contributed by atoms with Crippen molar-refractivity contribution >= 4 is 11.0 Å². The Morgan fingerprint density at radius 2 is 2.09 bits per heavy atom. The lowest BCUT2D eigenvalue weighted by Crippen LogP contribution is -1.77. The largest absolute Gasteiger partial charge is 0.493 e. The molecule has 1 aromatic carbocycles. The number of hydrogen-bond donors (Lipinski definition) is 0. The van der Waals surface area contributed by atoms with Crippen LogP contribution in [0.4, 0.5) is 0 Å². The summed E-state index contributed by atoms with van der Waals surface area (Å²) in [5.41, 5.74) is 0.865. The summed E-state index contributed by atoms with van der Waals surface area (Å²) >= 11 is 0. The van der Waals surface area contributed by atoms with Crippen LogP contribution in [-0.4, -0.2) is 7.11 Å². The van der Waals surface area contributed by atoms with Crippen LogP contribution in [0.2, 0.25) is 0 Å². The van der Waals surface area contributed by atoms with Gasteiger partial charge < -0.3 is 9.15 Å². The summed E-state index contributed by atoms with van der Waals surface area (Å²) in [5.74, 6) is 0.792. The van der Waals surface area contributed by atoms with Gasteiger partial charge in [0.2, 0.25) is 0 Å². The average molecular weight is 148 g/mol. The van der Waals surface area contributed by atoms with Crippen molar-refractivity contribution in [3.63, 3.8) is 0 Å². The van der Waals surface area contributed by atoms with Gasteiger partial charge in [0.1, 0.15) is 11.8 Å². The second kappa shape index (κ2) is 2.31. The lowest BCUT2D eigenvalue weighted by molar-refractivity contribution is 0.410. The summed E-state index contributed by atoms with van der Waals surface area (Å²) < 4.78 is 10.3. The van der Waals surface area contributed by atoms with Crippen molar-refractivity contribution in [1.29, 1.82) is 0 Å². The van der Waals surface area contributed by atoms with Gasteiger partial charge in [0.05, 0.1) is 12.5 Å².